The van der Waals surface area contributed by atoms with Crippen LogP contribution in [0.1, 0.15) is 0 Å². The Kier molecular flexibility index (Phi) is 3.22. The molecule has 2 N–H and O–H groups in total. The maximum atomic E-state index is 10.3. The number of aromatic hydroxyl groups is 1. The zero-order chi connectivity index (χ0) is 11.4. The van der Waals surface area contributed by atoms with Gasteiger partial charge in [0.25, 0.3) is 0 Å². The second-order valence-corrected chi connectivity index (χ2v) is 2.54. The number of phenolic OH excluding ortho intramolecular Hbond substituents is 1. The summed E-state index contributed by atoms with van der Waals surface area (Å²) in [6.07, 6.45) is -1.52. The van der Waals surface area contributed by atoms with Gasteiger partial charge in [0.15, 0.2) is 23.0 Å². The molecule has 0 unspecified atom stereocenters. The third-order valence-electron chi connectivity index (χ3n) is 1.66. The number of phenols is 1. The first-order valence-corrected chi connectivity index (χ1v) is 3.94. The highest BCUT2D eigenvalue weighted by Crippen LogP contribution is 2.38. The molecule has 0 amide bonds. The molecule has 0 aliphatic rings. The van der Waals surface area contributed by atoms with E-state index in [0.29, 0.717) is 0 Å². The summed E-state index contributed by atoms with van der Waals surface area (Å²) in [4.78, 5) is 10.3. The van der Waals surface area contributed by atoms with Gasteiger partial charge in [-0.1, -0.05) is 0 Å². The molecule has 0 spiro atoms. The molecule has 15 heavy (non-hydrogen) atoms. The first kappa shape index (κ1) is 11.0. The van der Waals surface area contributed by atoms with E-state index < -0.39 is 6.16 Å². The second kappa shape index (κ2) is 4.41. The van der Waals surface area contributed by atoms with Crippen LogP contribution in [0.2, 0.25) is 0 Å². The van der Waals surface area contributed by atoms with Gasteiger partial charge in [-0.15, -0.1) is 0 Å². The summed E-state index contributed by atoms with van der Waals surface area (Å²) in [6, 6.07) is 2.43. The zero-order valence-corrected chi connectivity index (χ0v) is 8.18. The minimum Gasteiger partial charge on any atom is -0.504 e. The molecule has 6 nitrogen and oxygen atoms in total. The van der Waals surface area contributed by atoms with Crippen molar-refractivity contribution >= 4 is 6.16 Å². The standard InChI is InChI=1S/C9H10O6/c1-13-7-3-5(10)6(15-9(11)12)4-8(7)14-2/h3-4,10H,1-2H3,(H,11,12). The number of hydrogen-bond donors (Lipinski definition) is 2. The van der Waals surface area contributed by atoms with Gasteiger partial charge in [0.1, 0.15) is 0 Å². The Morgan fingerprint density at radius 1 is 1.13 bits per heavy atom. The van der Waals surface area contributed by atoms with E-state index in [1.54, 1.807) is 0 Å². The summed E-state index contributed by atoms with van der Waals surface area (Å²) in [6.45, 7) is 0. The average Bonchev–Trinajstić information content (AvgIpc) is 2.19. The van der Waals surface area contributed by atoms with Crippen molar-refractivity contribution < 1.29 is 29.2 Å². The van der Waals surface area contributed by atoms with Gasteiger partial charge in [0.2, 0.25) is 0 Å². The van der Waals surface area contributed by atoms with Gasteiger partial charge in [-0.25, -0.2) is 4.79 Å². The molecule has 0 atom stereocenters. The smallest absolute Gasteiger partial charge is 0.504 e. The van der Waals surface area contributed by atoms with E-state index in [9.17, 15) is 9.90 Å². The lowest BCUT2D eigenvalue weighted by Crippen LogP contribution is -2.03. The summed E-state index contributed by atoms with van der Waals surface area (Å²) >= 11 is 0. The van der Waals surface area contributed by atoms with Crippen molar-refractivity contribution in [2.75, 3.05) is 14.2 Å². The number of ether oxygens (including phenoxy) is 3. The highest BCUT2D eigenvalue weighted by Gasteiger charge is 2.13. The molecule has 1 rings (SSSR count). The molecule has 0 aliphatic carbocycles. The summed E-state index contributed by atoms with van der Waals surface area (Å²) in [7, 11) is 2.79. The lowest BCUT2D eigenvalue weighted by molar-refractivity contribution is 0.142. The van der Waals surface area contributed by atoms with Gasteiger partial charge in [-0.05, 0) is 0 Å². The minimum atomic E-state index is -1.52. The van der Waals surface area contributed by atoms with Gasteiger partial charge >= 0.3 is 6.16 Å². The normalized spacial score (nSPS) is 9.47. The fourth-order valence-electron chi connectivity index (χ4n) is 1.03. The molecule has 0 radical (unpaired) electrons. The van der Waals surface area contributed by atoms with Crippen LogP contribution in [0.25, 0.3) is 0 Å². The predicted octanol–water partition coefficient (Wildman–Crippen LogP) is 1.47. The Hall–Kier alpha value is -2.11. The van der Waals surface area contributed by atoms with Gasteiger partial charge in [0, 0.05) is 12.1 Å². The van der Waals surface area contributed by atoms with Crippen LogP contribution in [0.4, 0.5) is 4.79 Å². The number of carboxylic acid groups (broad SMARTS) is 1. The lowest BCUT2D eigenvalue weighted by atomic mass is 10.2. The van der Waals surface area contributed by atoms with Crippen molar-refractivity contribution in [1.82, 2.24) is 0 Å². The maximum absolute atomic E-state index is 10.3. The lowest BCUT2D eigenvalue weighted by Gasteiger charge is -2.10. The molecule has 1 aromatic rings. The summed E-state index contributed by atoms with van der Waals surface area (Å²) in [5.74, 6) is 0.00879. The van der Waals surface area contributed by atoms with E-state index in [-0.39, 0.29) is 23.0 Å². The molecule has 0 heterocycles. The largest absolute Gasteiger partial charge is 0.511 e. The van der Waals surface area contributed by atoms with E-state index in [0.717, 1.165) is 0 Å². The Morgan fingerprint density at radius 3 is 2.13 bits per heavy atom. The fraction of sp³-hybridized carbons (Fsp3) is 0.222. The molecule has 0 saturated carbocycles. The minimum absolute atomic E-state index is 0.208. The number of benzene rings is 1. The van der Waals surface area contributed by atoms with Crippen LogP contribution in [0, 0.1) is 0 Å². The van der Waals surface area contributed by atoms with E-state index >= 15 is 0 Å². The quantitative estimate of drug-likeness (QED) is 0.585. The number of methoxy groups -OCH3 is 2. The molecular formula is C9H10O6. The van der Waals surface area contributed by atoms with Gasteiger partial charge in [-0.2, -0.15) is 0 Å². The van der Waals surface area contributed by atoms with Crippen LogP contribution in [-0.4, -0.2) is 30.6 Å². The zero-order valence-electron chi connectivity index (χ0n) is 8.18. The van der Waals surface area contributed by atoms with Crippen molar-refractivity contribution in [2.24, 2.45) is 0 Å². The first-order valence-electron chi connectivity index (χ1n) is 3.94. The number of hydrogen-bond acceptors (Lipinski definition) is 5. The molecular weight excluding hydrogens is 204 g/mol. The van der Waals surface area contributed by atoms with Crippen LogP contribution in [-0.2, 0) is 0 Å². The number of carbonyl (C=O) groups is 1. The molecule has 0 fully saturated rings. The summed E-state index contributed by atoms with van der Waals surface area (Å²) in [5, 5.41) is 17.7. The third kappa shape index (κ3) is 2.43. The highest BCUT2D eigenvalue weighted by molar-refractivity contribution is 5.65. The molecule has 82 valence electrons. The van der Waals surface area contributed by atoms with E-state index in [4.69, 9.17) is 14.6 Å². The maximum Gasteiger partial charge on any atom is 0.511 e. The Bertz CT molecular complexity index is 373. The molecule has 0 aromatic heterocycles. The molecule has 1 aromatic carbocycles. The van der Waals surface area contributed by atoms with Gasteiger partial charge in [0.05, 0.1) is 14.2 Å². The van der Waals surface area contributed by atoms with Crippen molar-refractivity contribution in [3.05, 3.63) is 12.1 Å². The van der Waals surface area contributed by atoms with Crippen LogP contribution in [0.3, 0.4) is 0 Å². The third-order valence-corrected chi connectivity index (χ3v) is 1.66. The van der Waals surface area contributed by atoms with E-state index in [1.165, 1.54) is 26.4 Å². The topological polar surface area (TPSA) is 85.2 Å². The van der Waals surface area contributed by atoms with E-state index in [1.807, 2.05) is 0 Å². The van der Waals surface area contributed by atoms with Crippen molar-refractivity contribution in [3.63, 3.8) is 0 Å². The second-order valence-electron chi connectivity index (χ2n) is 2.54. The van der Waals surface area contributed by atoms with Crippen molar-refractivity contribution in [1.29, 1.82) is 0 Å². The molecule has 0 aliphatic heterocycles. The summed E-state index contributed by atoms with van der Waals surface area (Å²) in [5.41, 5.74) is 0. The Labute approximate surface area is 85.6 Å². The van der Waals surface area contributed by atoms with Gasteiger partial charge < -0.3 is 24.4 Å². The molecule has 0 saturated heterocycles. The molecule has 6 heteroatoms. The predicted molar refractivity (Wildman–Crippen MR) is 49.9 cm³/mol. The SMILES string of the molecule is COc1cc(O)c(OC(=O)O)cc1OC. The highest BCUT2D eigenvalue weighted by atomic mass is 16.7. The first-order chi connectivity index (χ1) is 7.08. The fourth-order valence-corrected chi connectivity index (χ4v) is 1.03. The van der Waals surface area contributed by atoms with Crippen molar-refractivity contribution in [2.45, 2.75) is 0 Å². The van der Waals surface area contributed by atoms with Gasteiger partial charge in [-0.3, -0.25) is 0 Å². The molecule has 0 bridgehead atoms. The van der Waals surface area contributed by atoms with Crippen LogP contribution in [0.5, 0.6) is 23.0 Å². The van der Waals surface area contributed by atoms with Crippen molar-refractivity contribution in [3.8, 4) is 23.0 Å². The summed E-state index contributed by atoms with van der Waals surface area (Å²) < 4.78 is 14.1. The van der Waals surface area contributed by atoms with E-state index in [2.05, 4.69) is 4.74 Å². The Morgan fingerprint density at radius 2 is 1.67 bits per heavy atom. The van der Waals surface area contributed by atoms with Crippen LogP contribution in [0.15, 0.2) is 12.1 Å². The van der Waals surface area contributed by atoms with Crippen LogP contribution >= 0.6 is 0 Å². The van der Waals surface area contributed by atoms with Crippen LogP contribution < -0.4 is 14.2 Å². The monoisotopic (exact) mass is 214 g/mol. The Balaban J connectivity index is 3.13. The average molecular weight is 214 g/mol. The number of rotatable bonds is 3.